The fraction of sp³-hybridized carbons (Fsp3) is 0.455. The van der Waals surface area contributed by atoms with Gasteiger partial charge in [-0.15, -0.1) is 0 Å². The minimum Gasteiger partial charge on any atom is -0.505 e. The van der Waals surface area contributed by atoms with Crippen molar-refractivity contribution in [2.75, 3.05) is 26.7 Å². The summed E-state index contributed by atoms with van der Waals surface area (Å²) in [5.41, 5.74) is 0.657. The highest BCUT2D eigenvalue weighted by Gasteiger charge is 2.23. The van der Waals surface area contributed by atoms with Crippen molar-refractivity contribution in [3.63, 3.8) is 0 Å². The van der Waals surface area contributed by atoms with Crippen molar-refractivity contribution in [2.45, 2.75) is 6.04 Å². The summed E-state index contributed by atoms with van der Waals surface area (Å²) in [6.45, 7) is 2.58. The lowest BCUT2D eigenvalue weighted by molar-refractivity contribution is 0.198. The number of nitrogens with zero attached hydrogens (tertiary/aromatic N) is 1. The summed E-state index contributed by atoms with van der Waals surface area (Å²) in [6.07, 6.45) is 0. The minimum absolute atomic E-state index is 0.0504. The second-order valence-electron chi connectivity index (χ2n) is 3.88. The predicted octanol–water partition coefficient (Wildman–Crippen LogP) is 1.11. The number of benzene rings is 1. The Morgan fingerprint density at radius 2 is 2.33 bits per heavy atom. The number of phenols is 1. The van der Waals surface area contributed by atoms with Gasteiger partial charge in [0, 0.05) is 25.2 Å². The van der Waals surface area contributed by atoms with Crippen LogP contribution in [0.5, 0.6) is 5.75 Å². The third kappa shape index (κ3) is 1.96. The number of piperazine rings is 1. The molecule has 4 heteroatoms. The van der Waals surface area contributed by atoms with Crippen LogP contribution in [0.1, 0.15) is 11.6 Å². The zero-order valence-electron chi connectivity index (χ0n) is 8.70. The molecule has 1 atom stereocenters. The number of hydrogen-bond donors (Lipinski definition) is 2. The first kappa shape index (κ1) is 10.4. The van der Waals surface area contributed by atoms with Gasteiger partial charge in [0.2, 0.25) is 0 Å². The molecule has 3 nitrogen and oxygen atoms in total. The van der Waals surface area contributed by atoms with Crippen LogP contribution < -0.4 is 5.32 Å². The first-order chi connectivity index (χ1) is 7.20. The molecule has 2 N–H and O–H groups in total. The Balaban J connectivity index is 2.31. The van der Waals surface area contributed by atoms with E-state index in [0.29, 0.717) is 5.56 Å². The summed E-state index contributed by atoms with van der Waals surface area (Å²) in [4.78, 5) is 2.12. The van der Waals surface area contributed by atoms with Crippen molar-refractivity contribution < 1.29 is 9.50 Å². The van der Waals surface area contributed by atoms with Crippen LogP contribution in [-0.2, 0) is 0 Å². The quantitative estimate of drug-likeness (QED) is 0.728. The molecule has 15 heavy (non-hydrogen) atoms. The van der Waals surface area contributed by atoms with Crippen LogP contribution in [0.3, 0.4) is 0 Å². The second-order valence-corrected chi connectivity index (χ2v) is 3.88. The lowest BCUT2D eigenvalue weighted by Crippen LogP contribution is -2.43. The molecule has 0 spiro atoms. The van der Waals surface area contributed by atoms with E-state index in [-0.39, 0.29) is 11.8 Å². The van der Waals surface area contributed by atoms with E-state index >= 15 is 0 Å². The zero-order chi connectivity index (χ0) is 10.8. The Morgan fingerprint density at radius 1 is 1.53 bits per heavy atom. The summed E-state index contributed by atoms with van der Waals surface area (Å²) in [7, 11) is 1.98. The molecule has 0 aromatic heterocycles. The molecule has 0 amide bonds. The fourth-order valence-electron chi connectivity index (χ4n) is 1.95. The molecule has 0 saturated carbocycles. The van der Waals surface area contributed by atoms with E-state index in [1.807, 2.05) is 7.05 Å². The summed E-state index contributed by atoms with van der Waals surface area (Å²) in [5.74, 6) is -0.774. The Bertz CT molecular complexity index is 356. The smallest absolute Gasteiger partial charge is 0.165 e. The molecular weight excluding hydrogens is 195 g/mol. The summed E-state index contributed by atoms with van der Waals surface area (Å²) in [6, 6.07) is 4.73. The summed E-state index contributed by atoms with van der Waals surface area (Å²) < 4.78 is 13.2. The molecule has 1 saturated heterocycles. The average molecular weight is 210 g/mol. The summed E-state index contributed by atoms with van der Waals surface area (Å²) in [5, 5.41) is 12.9. The van der Waals surface area contributed by atoms with E-state index in [2.05, 4.69) is 10.2 Å². The maximum absolute atomic E-state index is 13.2. The van der Waals surface area contributed by atoms with Gasteiger partial charge in [-0.1, -0.05) is 12.1 Å². The maximum Gasteiger partial charge on any atom is 0.165 e. The van der Waals surface area contributed by atoms with Crippen molar-refractivity contribution in [3.05, 3.63) is 29.6 Å². The molecule has 2 rings (SSSR count). The number of hydrogen-bond acceptors (Lipinski definition) is 3. The van der Waals surface area contributed by atoms with E-state index in [1.165, 1.54) is 6.07 Å². The maximum atomic E-state index is 13.2. The topological polar surface area (TPSA) is 35.5 Å². The van der Waals surface area contributed by atoms with Crippen molar-refractivity contribution in [1.82, 2.24) is 10.2 Å². The number of rotatable bonds is 1. The Labute approximate surface area is 88.5 Å². The third-order valence-electron chi connectivity index (χ3n) is 2.89. The fourth-order valence-corrected chi connectivity index (χ4v) is 1.95. The molecule has 1 aromatic carbocycles. The number of halogens is 1. The molecule has 1 heterocycles. The highest BCUT2D eigenvalue weighted by molar-refractivity contribution is 5.36. The Morgan fingerprint density at radius 3 is 3.07 bits per heavy atom. The SMILES string of the molecule is CN1CCNCC1c1cccc(F)c1O. The average Bonchev–Trinajstić information content (AvgIpc) is 2.23. The Hall–Kier alpha value is -1.13. The second kappa shape index (κ2) is 4.16. The molecule has 1 fully saturated rings. The van der Waals surface area contributed by atoms with Crippen molar-refractivity contribution in [1.29, 1.82) is 0 Å². The monoisotopic (exact) mass is 210 g/mol. The minimum atomic E-state index is -0.550. The first-order valence-electron chi connectivity index (χ1n) is 5.08. The first-order valence-corrected chi connectivity index (χ1v) is 5.08. The van der Waals surface area contributed by atoms with Gasteiger partial charge in [0.25, 0.3) is 0 Å². The van der Waals surface area contributed by atoms with Gasteiger partial charge in [0.1, 0.15) is 0 Å². The van der Waals surface area contributed by atoms with Gasteiger partial charge in [-0.3, -0.25) is 4.90 Å². The molecular formula is C11H15FN2O. The Kier molecular flexibility index (Phi) is 2.88. The number of phenolic OH excluding ortho intramolecular Hbond substituents is 1. The van der Waals surface area contributed by atoms with Crippen LogP contribution in [0.4, 0.5) is 4.39 Å². The van der Waals surface area contributed by atoms with Gasteiger partial charge in [0.05, 0.1) is 6.04 Å². The number of likely N-dealkylation sites (N-methyl/N-ethyl adjacent to an activating group) is 1. The van der Waals surface area contributed by atoms with Crippen molar-refractivity contribution in [3.8, 4) is 5.75 Å². The van der Waals surface area contributed by atoms with E-state index in [0.717, 1.165) is 19.6 Å². The van der Waals surface area contributed by atoms with Crippen LogP contribution in [0, 0.1) is 5.82 Å². The van der Waals surface area contributed by atoms with E-state index in [9.17, 15) is 9.50 Å². The van der Waals surface area contributed by atoms with Gasteiger partial charge in [-0.25, -0.2) is 4.39 Å². The van der Waals surface area contributed by atoms with Crippen molar-refractivity contribution in [2.24, 2.45) is 0 Å². The molecule has 1 aliphatic rings. The highest BCUT2D eigenvalue weighted by Crippen LogP contribution is 2.30. The number of nitrogens with one attached hydrogen (secondary N) is 1. The lowest BCUT2D eigenvalue weighted by atomic mass is 10.0. The van der Waals surface area contributed by atoms with Gasteiger partial charge < -0.3 is 10.4 Å². The highest BCUT2D eigenvalue weighted by atomic mass is 19.1. The molecule has 0 radical (unpaired) electrons. The van der Waals surface area contributed by atoms with Crippen LogP contribution in [0.15, 0.2) is 18.2 Å². The largest absolute Gasteiger partial charge is 0.505 e. The molecule has 82 valence electrons. The van der Waals surface area contributed by atoms with E-state index in [1.54, 1.807) is 12.1 Å². The standard InChI is InChI=1S/C11H15FN2O/c1-14-6-5-13-7-10(14)8-3-2-4-9(12)11(8)15/h2-4,10,13,15H,5-7H2,1H3. The van der Waals surface area contributed by atoms with Gasteiger partial charge in [-0.2, -0.15) is 0 Å². The predicted molar refractivity (Wildman–Crippen MR) is 56.3 cm³/mol. The molecule has 0 aliphatic carbocycles. The van der Waals surface area contributed by atoms with Crippen LogP contribution in [0.2, 0.25) is 0 Å². The molecule has 1 aromatic rings. The van der Waals surface area contributed by atoms with E-state index in [4.69, 9.17) is 0 Å². The van der Waals surface area contributed by atoms with E-state index < -0.39 is 5.82 Å². The number of aromatic hydroxyl groups is 1. The lowest BCUT2D eigenvalue weighted by Gasteiger charge is -2.33. The normalized spacial score (nSPS) is 22.9. The molecule has 1 aliphatic heterocycles. The van der Waals surface area contributed by atoms with Gasteiger partial charge >= 0.3 is 0 Å². The van der Waals surface area contributed by atoms with Gasteiger partial charge in [0.15, 0.2) is 11.6 Å². The zero-order valence-corrected chi connectivity index (χ0v) is 8.70. The van der Waals surface area contributed by atoms with Gasteiger partial charge in [-0.05, 0) is 13.1 Å². The van der Waals surface area contributed by atoms with Crippen LogP contribution >= 0.6 is 0 Å². The number of para-hydroxylation sites is 1. The van der Waals surface area contributed by atoms with Crippen molar-refractivity contribution >= 4 is 0 Å². The summed E-state index contributed by atoms with van der Waals surface area (Å²) >= 11 is 0. The molecule has 0 bridgehead atoms. The van der Waals surface area contributed by atoms with Crippen LogP contribution in [0.25, 0.3) is 0 Å². The van der Waals surface area contributed by atoms with Crippen LogP contribution in [-0.4, -0.2) is 36.7 Å². The molecule has 1 unspecified atom stereocenters. The third-order valence-corrected chi connectivity index (χ3v) is 2.89.